The molecule has 1 amide bonds. The van der Waals surface area contributed by atoms with E-state index in [0.29, 0.717) is 11.3 Å². The monoisotopic (exact) mass is 357 g/mol. The van der Waals surface area contributed by atoms with Crippen LogP contribution in [0, 0.1) is 13.8 Å². The molecule has 0 radical (unpaired) electrons. The fourth-order valence-electron chi connectivity index (χ4n) is 2.22. The van der Waals surface area contributed by atoms with E-state index in [2.05, 4.69) is 10.1 Å². The molecule has 2 aromatic rings. The van der Waals surface area contributed by atoms with Crippen molar-refractivity contribution in [1.82, 2.24) is 0 Å². The standard InChI is InChI=1S/C19H19NO6/c1-11-7-8-13(18(23)25-3)9-15(11)20-16(21)10-26-19(24)14-6-4-5-12(2)17(14)22/h4-9,22H,10H2,1-3H3,(H,20,21). The summed E-state index contributed by atoms with van der Waals surface area (Å²) in [6.45, 7) is 2.87. The van der Waals surface area contributed by atoms with Gasteiger partial charge in [0.2, 0.25) is 0 Å². The van der Waals surface area contributed by atoms with E-state index in [1.807, 2.05) is 0 Å². The molecule has 0 bridgehead atoms. The zero-order chi connectivity index (χ0) is 19.3. The molecule has 0 spiro atoms. The summed E-state index contributed by atoms with van der Waals surface area (Å²) in [6.07, 6.45) is 0. The molecular weight excluding hydrogens is 338 g/mol. The van der Waals surface area contributed by atoms with Crippen LogP contribution in [0.3, 0.4) is 0 Å². The zero-order valence-electron chi connectivity index (χ0n) is 14.7. The highest BCUT2D eigenvalue weighted by Crippen LogP contribution is 2.22. The van der Waals surface area contributed by atoms with Crippen LogP contribution in [0.25, 0.3) is 0 Å². The van der Waals surface area contributed by atoms with Gasteiger partial charge >= 0.3 is 11.9 Å². The summed E-state index contributed by atoms with van der Waals surface area (Å²) in [5.41, 5.74) is 1.94. The number of aromatic hydroxyl groups is 1. The predicted octanol–water partition coefficient (Wildman–Crippen LogP) is 2.59. The minimum absolute atomic E-state index is 0.0123. The molecule has 0 aliphatic heterocycles. The van der Waals surface area contributed by atoms with Gasteiger partial charge in [-0.3, -0.25) is 4.79 Å². The van der Waals surface area contributed by atoms with Crippen LogP contribution in [0.1, 0.15) is 31.8 Å². The highest BCUT2D eigenvalue weighted by Gasteiger charge is 2.16. The molecule has 26 heavy (non-hydrogen) atoms. The third-order valence-electron chi connectivity index (χ3n) is 3.72. The summed E-state index contributed by atoms with van der Waals surface area (Å²) < 4.78 is 9.57. The molecule has 0 aliphatic carbocycles. The highest BCUT2D eigenvalue weighted by molar-refractivity contribution is 5.98. The van der Waals surface area contributed by atoms with E-state index in [0.717, 1.165) is 5.56 Å². The number of nitrogens with one attached hydrogen (secondary N) is 1. The fraction of sp³-hybridized carbons (Fsp3) is 0.211. The van der Waals surface area contributed by atoms with E-state index in [1.165, 1.54) is 19.2 Å². The third kappa shape index (κ3) is 4.38. The Bertz CT molecular complexity index is 859. The number of methoxy groups -OCH3 is 1. The van der Waals surface area contributed by atoms with E-state index < -0.39 is 24.5 Å². The van der Waals surface area contributed by atoms with Crippen LogP contribution >= 0.6 is 0 Å². The minimum atomic E-state index is -0.804. The average molecular weight is 357 g/mol. The van der Waals surface area contributed by atoms with Gasteiger partial charge in [-0.05, 0) is 43.2 Å². The molecule has 0 unspecified atom stereocenters. The van der Waals surface area contributed by atoms with E-state index in [9.17, 15) is 19.5 Å². The van der Waals surface area contributed by atoms with E-state index in [1.54, 1.807) is 38.1 Å². The second kappa shape index (κ2) is 8.15. The number of rotatable bonds is 5. The van der Waals surface area contributed by atoms with Crippen molar-refractivity contribution in [3.63, 3.8) is 0 Å². The quantitative estimate of drug-likeness (QED) is 0.798. The number of carbonyl (C=O) groups is 3. The smallest absolute Gasteiger partial charge is 0.342 e. The van der Waals surface area contributed by atoms with Crippen molar-refractivity contribution < 1.29 is 29.0 Å². The number of esters is 2. The number of ether oxygens (including phenoxy) is 2. The van der Waals surface area contributed by atoms with Gasteiger partial charge in [0.1, 0.15) is 11.3 Å². The summed E-state index contributed by atoms with van der Waals surface area (Å²) in [7, 11) is 1.26. The first-order valence-electron chi connectivity index (χ1n) is 7.78. The normalized spacial score (nSPS) is 10.1. The van der Waals surface area contributed by atoms with Gasteiger partial charge in [0.25, 0.3) is 5.91 Å². The highest BCUT2D eigenvalue weighted by atomic mass is 16.5. The molecule has 2 N–H and O–H groups in total. The summed E-state index contributed by atoms with van der Waals surface area (Å²) in [6, 6.07) is 9.39. The molecular formula is C19H19NO6. The minimum Gasteiger partial charge on any atom is -0.507 e. The Morgan fingerprint density at radius 1 is 1.04 bits per heavy atom. The second-order valence-corrected chi connectivity index (χ2v) is 5.62. The van der Waals surface area contributed by atoms with Crippen molar-refractivity contribution >= 4 is 23.5 Å². The van der Waals surface area contributed by atoms with Crippen molar-refractivity contribution in [2.75, 3.05) is 19.0 Å². The van der Waals surface area contributed by atoms with Gasteiger partial charge in [0, 0.05) is 5.69 Å². The number of aryl methyl sites for hydroxylation is 2. The largest absolute Gasteiger partial charge is 0.507 e. The number of benzene rings is 2. The summed E-state index contributed by atoms with van der Waals surface area (Å²) in [5, 5.41) is 12.4. The van der Waals surface area contributed by atoms with E-state index in [-0.39, 0.29) is 16.9 Å². The van der Waals surface area contributed by atoms with Gasteiger partial charge in [-0.15, -0.1) is 0 Å². The van der Waals surface area contributed by atoms with Crippen LogP contribution < -0.4 is 5.32 Å². The Morgan fingerprint density at radius 3 is 2.46 bits per heavy atom. The number of carbonyl (C=O) groups excluding carboxylic acids is 3. The molecule has 0 heterocycles. The lowest BCUT2D eigenvalue weighted by Crippen LogP contribution is -2.21. The molecule has 0 saturated heterocycles. The number of hydrogen-bond acceptors (Lipinski definition) is 6. The Morgan fingerprint density at radius 2 is 1.77 bits per heavy atom. The number of amides is 1. The van der Waals surface area contributed by atoms with Gasteiger partial charge in [-0.1, -0.05) is 18.2 Å². The molecule has 7 nitrogen and oxygen atoms in total. The third-order valence-corrected chi connectivity index (χ3v) is 3.72. The molecule has 0 fully saturated rings. The Kier molecular flexibility index (Phi) is 5.95. The van der Waals surface area contributed by atoms with Crippen LogP contribution in [0.4, 0.5) is 5.69 Å². The van der Waals surface area contributed by atoms with Crippen LogP contribution in [-0.4, -0.2) is 36.7 Å². The first kappa shape index (κ1) is 19.0. The Labute approximate surface area is 150 Å². The number of phenolic OH excluding ortho intramolecular Hbond substituents is 1. The van der Waals surface area contributed by atoms with Crippen molar-refractivity contribution in [3.8, 4) is 5.75 Å². The van der Waals surface area contributed by atoms with Gasteiger partial charge < -0.3 is 19.9 Å². The topological polar surface area (TPSA) is 102 Å². The predicted molar refractivity (Wildman–Crippen MR) is 94.3 cm³/mol. The van der Waals surface area contributed by atoms with Crippen LogP contribution in [0.15, 0.2) is 36.4 Å². The fourth-order valence-corrected chi connectivity index (χ4v) is 2.22. The van der Waals surface area contributed by atoms with Gasteiger partial charge in [-0.25, -0.2) is 9.59 Å². The van der Waals surface area contributed by atoms with Crippen LogP contribution in [-0.2, 0) is 14.3 Å². The lowest BCUT2D eigenvalue weighted by molar-refractivity contribution is -0.119. The molecule has 136 valence electrons. The van der Waals surface area contributed by atoms with Gasteiger partial charge in [0.05, 0.1) is 12.7 Å². The zero-order valence-corrected chi connectivity index (χ0v) is 14.7. The lowest BCUT2D eigenvalue weighted by Gasteiger charge is -2.11. The van der Waals surface area contributed by atoms with Crippen LogP contribution in [0.2, 0.25) is 0 Å². The van der Waals surface area contributed by atoms with Crippen molar-refractivity contribution in [2.24, 2.45) is 0 Å². The Hall–Kier alpha value is -3.35. The molecule has 0 aromatic heterocycles. The summed E-state index contributed by atoms with van der Waals surface area (Å²) in [5.74, 6) is -2.08. The summed E-state index contributed by atoms with van der Waals surface area (Å²) in [4.78, 5) is 35.6. The van der Waals surface area contributed by atoms with Crippen molar-refractivity contribution in [2.45, 2.75) is 13.8 Å². The maximum absolute atomic E-state index is 12.0. The second-order valence-electron chi connectivity index (χ2n) is 5.62. The molecule has 7 heteroatoms. The number of anilines is 1. The number of hydrogen-bond donors (Lipinski definition) is 2. The average Bonchev–Trinajstić information content (AvgIpc) is 2.63. The molecule has 0 atom stereocenters. The molecule has 2 rings (SSSR count). The lowest BCUT2D eigenvalue weighted by atomic mass is 10.1. The van der Waals surface area contributed by atoms with Gasteiger partial charge in [0.15, 0.2) is 6.61 Å². The SMILES string of the molecule is COC(=O)c1ccc(C)c(NC(=O)COC(=O)c2cccc(C)c2O)c1. The first-order valence-corrected chi connectivity index (χ1v) is 7.78. The first-order chi connectivity index (χ1) is 12.3. The van der Waals surface area contributed by atoms with E-state index >= 15 is 0 Å². The molecule has 0 saturated carbocycles. The van der Waals surface area contributed by atoms with Crippen LogP contribution in [0.5, 0.6) is 5.75 Å². The van der Waals surface area contributed by atoms with Crippen molar-refractivity contribution in [3.05, 3.63) is 58.7 Å². The number of para-hydroxylation sites is 1. The summed E-state index contributed by atoms with van der Waals surface area (Å²) >= 11 is 0. The van der Waals surface area contributed by atoms with Crippen molar-refractivity contribution in [1.29, 1.82) is 0 Å². The maximum Gasteiger partial charge on any atom is 0.342 e. The maximum atomic E-state index is 12.0. The van der Waals surface area contributed by atoms with E-state index in [4.69, 9.17) is 4.74 Å². The number of phenols is 1. The Balaban J connectivity index is 2.02. The molecule has 2 aromatic carbocycles. The molecule has 0 aliphatic rings. The van der Waals surface area contributed by atoms with Gasteiger partial charge in [-0.2, -0.15) is 0 Å².